The van der Waals surface area contributed by atoms with Gasteiger partial charge in [-0.15, -0.1) is 0 Å². The molecular weight excluding hydrogens is 362 g/mol. The second kappa shape index (κ2) is 7.23. The van der Waals surface area contributed by atoms with Crippen molar-refractivity contribution < 1.29 is 18.4 Å². The summed E-state index contributed by atoms with van der Waals surface area (Å²) < 4.78 is 26.4. The van der Waals surface area contributed by atoms with Crippen molar-refractivity contribution in [2.24, 2.45) is 0 Å². The Hall–Kier alpha value is -3.54. The molecule has 0 saturated carbocycles. The van der Waals surface area contributed by atoms with Gasteiger partial charge in [-0.3, -0.25) is 9.59 Å². The standard InChI is InChI=1S/C22H16F2N2O2/c23-16-8-15(9-17(24)11-16)22(28)25-12-21(27)26-18-5-6-20-14(10-18)7-13-3-1-2-4-19(13)20/h1-6,8-11H,7,12H2,(H,25,28)(H,26,27). The zero-order chi connectivity index (χ0) is 19.7. The molecule has 0 aromatic heterocycles. The van der Waals surface area contributed by atoms with E-state index in [9.17, 15) is 18.4 Å². The second-order valence-corrected chi connectivity index (χ2v) is 6.59. The Kier molecular flexibility index (Phi) is 4.61. The summed E-state index contributed by atoms with van der Waals surface area (Å²) in [7, 11) is 0. The van der Waals surface area contributed by atoms with Gasteiger partial charge in [0.05, 0.1) is 6.54 Å². The number of benzene rings is 3. The molecular formula is C22H16F2N2O2. The fraction of sp³-hybridized carbons (Fsp3) is 0.0909. The molecule has 3 aromatic rings. The molecule has 0 aliphatic heterocycles. The second-order valence-electron chi connectivity index (χ2n) is 6.59. The number of nitrogens with one attached hydrogen (secondary N) is 2. The number of halogens is 2. The molecule has 0 saturated heterocycles. The van der Waals surface area contributed by atoms with Crippen molar-refractivity contribution >= 4 is 17.5 Å². The maximum atomic E-state index is 13.2. The Morgan fingerprint density at radius 3 is 2.36 bits per heavy atom. The molecule has 2 amide bonds. The van der Waals surface area contributed by atoms with Crippen LogP contribution in [0, 0.1) is 11.6 Å². The lowest BCUT2D eigenvalue weighted by Gasteiger charge is -2.09. The van der Waals surface area contributed by atoms with E-state index in [0.29, 0.717) is 11.8 Å². The lowest BCUT2D eigenvalue weighted by atomic mass is 10.1. The molecule has 0 atom stereocenters. The molecule has 6 heteroatoms. The van der Waals surface area contributed by atoms with Crippen LogP contribution in [0.5, 0.6) is 0 Å². The SMILES string of the molecule is O=C(CNC(=O)c1cc(F)cc(F)c1)Nc1ccc2c(c1)Cc1ccccc1-2. The third-order valence-corrected chi connectivity index (χ3v) is 4.61. The third-order valence-electron chi connectivity index (χ3n) is 4.61. The number of hydrogen-bond donors (Lipinski definition) is 2. The summed E-state index contributed by atoms with van der Waals surface area (Å²) in [6.45, 7) is -0.311. The normalized spacial score (nSPS) is 11.5. The van der Waals surface area contributed by atoms with Crippen molar-refractivity contribution in [3.8, 4) is 11.1 Å². The van der Waals surface area contributed by atoms with Crippen LogP contribution >= 0.6 is 0 Å². The maximum absolute atomic E-state index is 13.2. The van der Waals surface area contributed by atoms with Crippen molar-refractivity contribution in [1.29, 1.82) is 0 Å². The first kappa shape index (κ1) is 17.9. The molecule has 1 aliphatic carbocycles. The minimum atomic E-state index is -0.853. The summed E-state index contributed by atoms with van der Waals surface area (Å²) >= 11 is 0. The van der Waals surface area contributed by atoms with Crippen LogP contribution in [0.1, 0.15) is 21.5 Å². The van der Waals surface area contributed by atoms with Gasteiger partial charge >= 0.3 is 0 Å². The summed E-state index contributed by atoms with van der Waals surface area (Å²) in [6, 6.07) is 16.3. The Morgan fingerprint density at radius 2 is 1.57 bits per heavy atom. The van der Waals surface area contributed by atoms with E-state index in [1.54, 1.807) is 0 Å². The predicted molar refractivity (Wildman–Crippen MR) is 102 cm³/mol. The van der Waals surface area contributed by atoms with Gasteiger partial charge in [0.1, 0.15) is 11.6 Å². The zero-order valence-corrected chi connectivity index (χ0v) is 14.8. The van der Waals surface area contributed by atoms with Gasteiger partial charge in [-0.2, -0.15) is 0 Å². The topological polar surface area (TPSA) is 58.2 Å². The lowest BCUT2D eigenvalue weighted by molar-refractivity contribution is -0.115. The van der Waals surface area contributed by atoms with Crippen molar-refractivity contribution in [3.05, 3.63) is 89.0 Å². The highest BCUT2D eigenvalue weighted by Crippen LogP contribution is 2.37. The molecule has 4 nitrogen and oxygen atoms in total. The average Bonchev–Trinajstić information content (AvgIpc) is 3.03. The molecule has 140 valence electrons. The molecule has 4 rings (SSSR count). The minimum absolute atomic E-state index is 0.180. The summed E-state index contributed by atoms with van der Waals surface area (Å²) in [4.78, 5) is 24.1. The van der Waals surface area contributed by atoms with E-state index < -0.39 is 23.4 Å². The highest BCUT2D eigenvalue weighted by molar-refractivity contribution is 5.99. The first-order valence-electron chi connectivity index (χ1n) is 8.75. The van der Waals surface area contributed by atoms with E-state index in [0.717, 1.165) is 29.7 Å². The number of fused-ring (bicyclic) bond motifs is 3. The van der Waals surface area contributed by atoms with Crippen LogP contribution in [0.4, 0.5) is 14.5 Å². The van der Waals surface area contributed by atoms with Crippen molar-refractivity contribution in [2.75, 3.05) is 11.9 Å². The van der Waals surface area contributed by atoms with Crippen LogP contribution in [-0.4, -0.2) is 18.4 Å². The smallest absolute Gasteiger partial charge is 0.251 e. The first-order valence-corrected chi connectivity index (χ1v) is 8.75. The Morgan fingerprint density at radius 1 is 0.857 bits per heavy atom. The van der Waals surface area contributed by atoms with Crippen molar-refractivity contribution in [1.82, 2.24) is 5.32 Å². The van der Waals surface area contributed by atoms with Crippen LogP contribution in [-0.2, 0) is 11.2 Å². The molecule has 0 radical (unpaired) electrons. The van der Waals surface area contributed by atoms with Crippen LogP contribution in [0.3, 0.4) is 0 Å². The van der Waals surface area contributed by atoms with E-state index in [2.05, 4.69) is 22.8 Å². The van der Waals surface area contributed by atoms with E-state index in [1.807, 2.05) is 30.3 Å². The number of rotatable bonds is 4. The molecule has 0 bridgehead atoms. The van der Waals surface area contributed by atoms with Gasteiger partial charge < -0.3 is 10.6 Å². The van der Waals surface area contributed by atoms with Gasteiger partial charge in [-0.25, -0.2) is 8.78 Å². The van der Waals surface area contributed by atoms with Crippen molar-refractivity contribution in [3.63, 3.8) is 0 Å². The van der Waals surface area contributed by atoms with E-state index in [-0.39, 0.29) is 12.1 Å². The van der Waals surface area contributed by atoms with Gasteiger partial charge in [0.2, 0.25) is 5.91 Å². The predicted octanol–water partition coefficient (Wildman–Crippen LogP) is 3.90. The van der Waals surface area contributed by atoms with Gasteiger partial charge in [-0.1, -0.05) is 30.3 Å². The third kappa shape index (κ3) is 3.62. The van der Waals surface area contributed by atoms with Gasteiger partial charge in [0.15, 0.2) is 0 Å². The highest BCUT2D eigenvalue weighted by Gasteiger charge is 2.18. The molecule has 1 aliphatic rings. The first-order chi connectivity index (χ1) is 13.5. The Balaban J connectivity index is 1.38. The Labute approximate surface area is 160 Å². The number of carbonyl (C=O) groups excluding carboxylic acids is 2. The van der Waals surface area contributed by atoms with Crippen LogP contribution in [0.25, 0.3) is 11.1 Å². The minimum Gasteiger partial charge on any atom is -0.343 e. The monoisotopic (exact) mass is 378 g/mol. The van der Waals surface area contributed by atoms with Crippen molar-refractivity contribution in [2.45, 2.75) is 6.42 Å². The van der Waals surface area contributed by atoms with Gasteiger partial charge in [0, 0.05) is 17.3 Å². The summed E-state index contributed by atoms with van der Waals surface area (Å²) in [6.07, 6.45) is 0.803. The van der Waals surface area contributed by atoms with E-state index in [4.69, 9.17) is 0 Å². The van der Waals surface area contributed by atoms with Crippen LogP contribution in [0.2, 0.25) is 0 Å². The summed E-state index contributed by atoms with van der Waals surface area (Å²) in [5.74, 6) is -2.86. The quantitative estimate of drug-likeness (QED) is 0.566. The fourth-order valence-electron chi connectivity index (χ4n) is 3.38. The molecule has 0 heterocycles. The summed E-state index contributed by atoms with van der Waals surface area (Å²) in [5, 5.41) is 5.08. The molecule has 28 heavy (non-hydrogen) atoms. The lowest BCUT2D eigenvalue weighted by Crippen LogP contribution is -2.33. The number of amides is 2. The summed E-state index contributed by atoms with van der Waals surface area (Å²) in [5.41, 5.74) is 5.16. The molecule has 0 fully saturated rings. The molecule has 0 unspecified atom stereocenters. The van der Waals surface area contributed by atoms with Crippen LogP contribution in [0.15, 0.2) is 60.7 Å². The zero-order valence-electron chi connectivity index (χ0n) is 14.8. The number of carbonyl (C=O) groups is 2. The Bertz CT molecular complexity index is 1080. The maximum Gasteiger partial charge on any atom is 0.251 e. The van der Waals surface area contributed by atoms with E-state index in [1.165, 1.54) is 11.1 Å². The fourth-order valence-corrected chi connectivity index (χ4v) is 3.38. The number of anilines is 1. The van der Waals surface area contributed by atoms with Gasteiger partial charge in [0.25, 0.3) is 5.91 Å². The largest absolute Gasteiger partial charge is 0.343 e. The average molecular weight is 378 g/mol. The molecule has 2 N–H and O–H groups in total. The number of hydrogen-bond acceptors (Lipinski definition) is 2. The molecule has 0 spiro atoms. The highest BCUT2D eigenvalue weighted by atomic mass is 19.1. The molecule has 3 aromatic carbocycles. The van der Waals surface area contributed by atoms with E-state index >= 15 is 0 Å². The van der Waals surface area contributed by atoms with Gasteiger partial charge in [-0.05, 0) is 52.9 Å². The van der Waals surface area contributed by atoms with Crippen LogP contribution < -0.4 is 10.6 Å².